The van der Waals surface area contributed by atoms with Crippen molar-refractivity contribution in [3.05, 3.63) is 52.6 Å². The Bertz CT molecular complexity index is 879. The molecule has 1 aliphatic carbocycles. The van der Waals surface area contributed by atoms with E-state index in [-0.39, 0.29) is 23.7 Å². The lowest BCUT2D eigenvalue weighted by Crippen LogP contribution is -2.25. The maximum Gasteiger partial charge on any atom is 0.275 e. The van der Waals surface area contributed by atoms with E-state index in [4.69, 9.17) is 15.6 Å². The quantitative estimate of drug-likeness (QED) is 0.337. The van der Waals surface area contributed by atoms with Crippen molar-refractivity contribution < 1.29 is 19.7 Å². The Balaban J connectivity index is 0.000000880. The van der Waals surface area contributed by atoms with Gasteiger partial charge in [-0.1, -0.05) is 26.0 Å². The summed E-state index contributed by atoms with van der Waals surface area (Å²) in [6.07, 6.45) is 5.82. The number of aliphatic hydroxyl groups is 2. The molecule has 0 atom stereocenters. The third kappa shape index (κ3) is 12.3. The standard InChI is InChI=1S/C16H16N4O2S.C4H10O2.C2H6.CH4O/c1-20-9-13(18-8-14(20)21)19-16(22)15(17)10-2-4-11(5-3-10)23-12-6-7-12;1-6-4-2-3-5;2*1-2/h2-5,8-9,12,17H,6-7H2,1H3,(H,19,22);5H,2-4H2,1H3;1-2H3;2H,1H3. The normalized spacial score (nSPS) is 11.5. The van der Waals surface area contributed by atoms with Crippen molar-refractivity contribution in [2.24, 2.45) is 7.05 Å². The third-order valence-electron chi connectivity index (χ3n) is 3.92. The van der Waals surface area contributed by atoms with Crippen LogP contribution < -0.4 is 10.9 Å². The molecule has 10 heteroatoms. The Labute approximate surface area is 199 Å². The molecule has 4 N–H and O–H groups in total. The highest BCUT2D eigenvalue weighted by Gasteiger charge is 2.22. The summed E-state index contributed by atoms with van der Waals surface area (Å²) in [5.74, 6) is -0.318. The number of benzene rings is 1. The Morgan fingerprint density at radius 1 is 1.27 bits per heavy atom. The highest BCUT2D eigenvalue weighted by Crippen LogP contribution is 2.38. The fourth-order valence-electron chi connectivity index (χ4n) is 2.16. The Kier molecular flexibility index (Phi) is 16.6. The molecule has 1 heterocycles. The SMILES string of the molecule is CC.CO.COCCCO.Cn1cc(NC(=O)C(=N)c2ccc(SC3CC3)cc2)ncc1=O. The summed E-state index contributed by atoms with van der Waals surface area (Å²) < 4.78 is 5.94. The Morgan fingerprint density at radius 3 is 2.33 bits per heavy atom. The van der Waals surface area contributed by atoms with Gasteiger partial charge in [-0.2, -0.15) is 0 Å². The fourth-order valence-corrected chi connectivity index (χ4v) is 3.21. The molecular formula is C23H36N4O5S. The molecule has 0 bridgehead atoms. The molecule has 1 aromatic heterocycles. The van der Waals surface area contributed by atoms with Gasteiger partial charge in [0.15, 0.2) is 0 Å². The van der Waals surface area contributed by atoms with Gasteiger partial charge in [-0.05, 0) is 31.4 Å². The van der Waals surface area contributed by atoms with Gasteiger partial charge in [0.25, 0.3) is 11.5 Å². The number of aryl methyl sites for hydroxylation is 1. The lowest BCUT2D eigenvalue weighted by Gasteiger charge is -2.07. The van der Waals surface area contributed by atoms with Gasteiger partial charge in [0, 0.05) is 56.4 Å². The number of aliphatic hydroxyl groups excluding tert-OH is 2. The lowest BCUT2D eigenvalue weighted by molar-refractivity contribution is -0.110. The first-order valence-electron chi connectivity index (χ1n) is 10.7. The summed E-state index contributed by atoms with van der Waals surface area (Å²) >= 11 is 1.83. The number of aromatic nitrogens is 2. The highest BCUT2D eigenvalue weighted by atomic mass is 32.2. The number of nitrogens with zero attached hydrogens (tertiary/aromatic N) is 2. The van der Waals surface area contributed by atoms with E-state index in [9.17, 15) is 9.59 Å². The summed E-state index contributed by atoms with van der Waals surface area (Å²) in [5, 5.41) is 26.4. The largest absolute Gasteiger partial charge is 0.400 e. The second-order valence-electron chi connectivity index (χ2n) is 6.46. The van der Waals surface area contributed by atoms with Gasteiger partial charge in [0.2, 0.25) is 0 Å². The second kappa shape index (κ2) is 18.0. The Hall–Kier alpha value is -2.53. The van der Waals surface area contributed by atoms with Crippen molar-refractivity contribution in [1.29, 1.82) is 5.41 Å². The van der Waals surface area contributed by atoms with Gasteiger partial charge in [0.05, 0.1) is 6.20 Å². The molecule has 33 heavy (non-hydrogen) atoms. The minimum atomic E-state index is -0.557. The smallest absolute Gasteiger partial charge is 0.275 e. The number of ether oxygens (including phenoxy) is 1. The van der Waals surface area contributed by atoms with Crippen LogP contribution in [0.1, 0.15) is 38.7 Å². The van der Waals surface area contributed by atoms with E-state index in [1.165, 1.54) is 23.6 Å². The molecule has 9 nitrogen and oxygen atoms in total. The first kappa shape index (κ1) is 30.5. The topological polar surface area (TPSA) is 138 Å². The molecule has 1 aromatic carbocycles. The van der Waals surface area contributed by atoms with Crippen LogP contribution in [0.3, 0.4) is 0 Å². The fraction of sp³-hybridized carbons (Fsp3) is 0.478. The van der Waals surface area contributed by atoms with Gasteiger partial charge in [-0.3, -0.25) is 15.0 Å². The van der Waals surface area contributed by atoms with E-state index in [1.807, 2.05) is 37.7 Å². The van der Waals surface area contributed by atoms with E-state index < -0.39 is 5.91 Å². The van der Waals surface area contributed by atoms with Crippen molar-refractivity contribution >= 4 is 29.2 Å². The Morgan fingerprint density at radius 2 is 1.88 bits per heavy atom. The average molecular weight is 481 g/mol. The number of hydrogen-bond acceptors (Lipinski definition) is 8. The highest BCUT2D eigenvalue weighted by molar-refractivity contribution is 8.00. The number of anilines is 1. The van der Waals surface area contributed by atoms with E-state index in [1.54, 1.807) is 26.3 Å². The minimum absolute atomic E-state index is 0.136. The summed E-state index contributed by atoms with van der Waals surface area (Å²) in [6, 6.07) is 7.43. The van der Waals surface area contributed by atoms with Crippen LogP contribution in [0.2, 0.25) is 0 Å². The van der Waals surface area contributed by atoms with Crippen molar-refractivity contribution in [3.8, 4) is 0 Å². The van der Waals surface area contributed by atoms with Crippen LogP contribution in [0.25, 0.3) is 0 Å². The molecule has 0 aliphatic heterocycles. The zero-order chi connectivity index (χ0) is 25.2. The molecule has 184 valence electrons. The van der Waals surface area contributed by atoms with Crippen LogP contribution in [-0.2, 0) is 16.6 Å². The van der Waals surface area contributed by atoms with E-state index in [0.29, 0.717) is 12.2 Å². The van der Waals surface area contributed by atoms with Crippen LogP contribution in [-0.4, -0.2) is 64.1 Å². The number of rotatable bonds is 8. The summed E-state index contributed by atoms with van der Waals surface area (Å²) in [5.41, 5.74) is 0.151. The van der Waals surface area contributed by atoms with Crippen LogP contribution in [0.5, 0.6) is 0 Å². The number of nitrogens with one attached hydrogen (secondary N) is 2. The maximum atomic E-state index is 12.1. The molecule has 3 rings (SSSR count). The number of carbonyl (C=O) groups excluding carboxylic acids is 1. The van der Waals surface area contributed by atoms with Crippen molar-refractivity contribution in [1.82, 2.24) is 9.55 Å². The first-order chi connectivity index (χ1) is 15.9. The van der Waals surface area contributed by atoms with E-state index in [2.05, 4.69) is 15.0 Å². The average Bonchev–Trinajstić information content (AvgIpc) is 3.67. The van der Waals surface area contributed by atoms with Gasteiger partial charge in [-0.25, -0.2) is 4.98 Å². The van der Waals surface area contributed by atoms with Gasteiger partial charge >= 0.3 is 0 Å². The second-order valence-corrected chi connectivity index (χ2v) is 7.84. The predicted octanol–water partition coefficient (Wildman–Crippen LogP) is 2.69. The monoisotopic (exact) mass is 480 g/mol. The van der Waals surface area contributed by atoms with Crippen LogP contribution in [0.15, 0.2) is 46.3 Å². The van der Waals surface area contributed by atoms with Crippen LogP contribution in [0, 0.1) is 5.41 Å². The number of hydrogen-bond donors (Lipinski definition) is 4. The third-order valence-corrected chi connectivity index (χ3v) is 5.27. The molecular weight excluding hydrogens is 444 g/mol. The van der Waals surface area contributed by atoms with Gasteiger partial charge < -0.3 is 24.8 Å². The van der Waals surface area contributed by atoms with Crippen molar-refractivity contribution in [2.75, 3.05) is 32.8 Å². The summed E-state index contributed by atoms with van der Waals surface area (Å²) in [6.45, 7) is 4.89. The number of methoxy groups -OCH3 is 1. The molecule has 2 aromatic rings. The zero-order valence-electron chi connectivity index (χ0n) is 20.0. The summed E-state index contributed by atoms with van der Waals surface area (Å²) in [4.78, 5) is 28.4. The minimum Gasteiger partial charge on any atom is -0.400 e. The van der Waals surface area contributed by atoms with E-state index in [0.717, 1.165) is 29.9 Å². The van der Waals surface area contributed by atoms with Gasteiger partial charge in [0.1, 0.15) is 11.5 Å². The molecule has 1 fully saturated rings. The molecule has 0 saturated heterocycles. The van der Waals surface area contributed by atoms with Crippen LogP contribution >= 0.6 is 11.8 Å². The van der Waals surface area contributed by atoms with Crippen LogP contribution in [0.4, 0.5) is 5.82 Å². The molecule has 0 radical (unpaired) electrons. The van der Waals surface area contributed by atoms with Gasteiger partial charge in [-0.15, -0.1) is 11.8 Å². The van der Waals surface area contributed by atoms with E-state index >= 15 is 0 Å². The number of carbonyl (C=O) groups is 1. The molecule has 0 unspecified atom stereocenters. The predicted molar refractivity (Wildman–Crippen MR) is 133 cm³/mol. The first-order valence-corrected chi connectivity index (χ1v) is 11.6. The lowest BCUT2D eigenvalue weighted by atomic mass is 10.1. The molecule has 1 aliphatic rings. The zero-order valence-corrected chi connectivity index (χ0v) is 20.8. The number of thioether (sulfide) groups is 1. The number of amides is 1. The summed E-state index contributed by atoms with van der Waals surface area (Å²) in [7, 11) is 4.19. The van der Waals surface area contributed by atoms with Crippen molar-refractivity contribution in [2.45, 2.75) is 43.3 Å². The molecule has 0 spiro atoms. The molecule has 1 saturated carbocycles. The maximum absolute atomic E-state index is 12.1. The molecule has 1 amide bonds. The van der Waals surface area contributed by atoms with Crippen molar-refractivity contribution in [3.63, 3.8) is 0 Å².